The molecule has 1 aliphatic heterocycles. The highest BCUT2D eigenvalue weighted by atomic mass is 32.1. The molecule has 2 N–H and O–H groups in total. The van der Waals surface area contributed by atoms with Crippen molar-refractivity contribution < 1.29 is 19.4 Å². The molecule has 0 amide bonds. The van der Waals surface area contributed by atoms with Crippen molar-refractivity contribution in [1.29, 1.82) is 0 Å². The Bertz CT molecular complexity index is 429. The van der Waals surface area contributed by atoms with Gasteiger partial charge in [-0.25, -0.2) is 4.98 Å². The SMILES string of the molecule is COC1(CNc2nc(CCC(=O)O)cs2)CCOC1. The number of methoxy groups -OCH3 is 1. The predicted molar refractivity (Wildman–Crippen MR) is 71.7 cm³/mol. The zero-order chi connectivity index (χ0) is 13.7. The number of aliphatic carboxylic acids is 1. The smallest absolute Gasteiger partial charge is 0.303 e. The van der Waals surface area contributed by atoms with Crippen molar-refractivity contribution in [3.8, 4) is 0 Å². The Morgan fingerprint density at radius 3 is 3.21 bits per heavy atom. The first-order chi connectivity index (χ1) is 9.13. The van der Waals surface area contributed by atoms with Gasteiger partial charge >= 0.3 is 5.97 Å². The summed E-state index contributed by atoms with van der Waals surface area (Å²) in [6.07, 6.45) is 1.44. The fourth-order valence-electron chi connectivity index (χ4n) is 1.94. The molecule has 106 valence electrons. The van der Waals surface area contributed by atoms with Gasteiger partial charge in [0.1, 0.15) is 5.60 Å². The number of carbonyl (C=O) groups is 1. The standard InChI is InChI=1S/C12H18N2O4S/c1-17-12(4-5-18-8-12)7-13-11-14-9(6-19-11)2-3-10(15)16/h6H,2-5,7-8H2,1H3,(H,13,14)(H,15,16). The molecular formula is C12H18N2O4S. The zero-order valence-electron chi connectivity index (χ0n) is 10.8. The summed E-state index contributed by atoms with van der Waals surface area (Å²) in [5.41, 5.74) is 0.538. The molecule has 0 aromatic carbocycles. The van der Waals surface area contributed by atoms with E-state index >= 15 is 0 Å². The van der Waals surface area contributed by atoms with Crippen molar-refractivity contribution in [2.24, 2.45) is 0 Å². The zero-order valence-corrected chi connectivity index (χ0v) is 11.7. The Morgan fingerprint density at radius 2 is 2.58 bits per heavy atom. The third-order valence-corrected chi connectivity index (χ3v) is 4.06. The number of ether oxygens (including phenoxy) is 2. The Morgan fingerprint density at radius 1 is 1.74 bits per heavy atom. The lowest BCUT2D eigenvalue weighted by molar-refractivity contribution is -0.136. The summed E-state index contributed by atoms with van der Waals surface area (Å²) in [4.78, 5) is 14.8. The molecule has 2 rings (SSSR count). The molecule has 1 saturated heterocycles. The van der Waals surface area contributed by atoms with E-state index in [2.05, 4.69) is 10.3 Å². The van der Waals surface area contributed by atoms with Crippen LogP contribution in [-0.4, -0.2) is 48.5 Å². The second-order valence-corrected chi connectivity index (χ2v) is 5.44. The van der Waals surface area contributed by atoms with Crippen molar-refractivity contribution >= 4 is 22.4 Å². The number of thiazole rings is 1. The maximum absolute atomic E-state index is 10.5. The molecule has 0 aliphatic carbocycles. The van der Waals surface area contributed by atoms with E-state index in [1.54, 1.807) is 7.11 Å². The van der Waals surface area contributed by atoms with Crippen LogP contribution in [-0.2, 0) is 20.7 Å². The molecule has 1 aromatic heterocycles. The number of hydrogen-bond donors (Lipinski definition) is 2. The van der Waals surface area contributed by atoms with Crippen molar-refractivity contribution in [2.45, 2.75) is 24.9 Å². The number of rotatable bonds is 7. The molecule has 6 nitrogen and oxygen atoms in total. The molecule has 2 heterocycles. The number of carboxylic acids is 1. The lowest BCUT2D eigenvalue weighted by atomic mass is 10.0. The molecule has 0 spiro atoms. The van der Waals surface area contributed by atoms with E-state index in [-0.39, 0.29) is 12.0 Å². The number of nitrogens with zero attached hydrogens (tertiary/aromatic N) is 1. The maximum Gasteiger partial charge on any atom is 0.303 e. The molecular weight excluding hydrogens is 268 g/mol. The minimum Gasteiger partial charge on any atom is -0.481 e. The van der Waals surface area contributed by atoms with Crippen LogP contribution in [0.25, 0.3) is 0 Å². The molecule has 1 aromatic rings. The third-order valence-electron chi connectivity index (χ3n) is 3.21. The van der Waals surface area contributed by atoms with Crippen LogP contribution in [0.1, 0.15) is 18.5 Å². The van der Waals surface area contributed by atoms with Crippen LogP contribution in [0.4, 0.5) is 5.13 Å². The molecule has 1 fully saturated rings. The van der Waals surface area contributed by atoms with Crippen molar-refractivity contribution in [1.82, 2.24) is 4.98 Å². The highest BCUT2D eigenvalue weighted by Gasteiger charge is 2.34. The normalized spacial score (nSPS) is 22.6. The quantitative estimate of drug-likeness (QED) is 0.788. The van der Waals surface area contributed by atoms with E-state index in [4.69, 9.17) is 14.6 Å². The van der Waals surface area contributed by atoms with Gasteiger partial charge in [-0.2, -0.15) is 0 Å². The number of nitrogens with one attached hydrogen (secondary N) is 1. The number of aryl methyl sites for hydroxylation is 1. The van der Waals surface area contributed by atoms with Gasteiger partial charge in [-0.05, 0) is 0 Å². The summed E-state index contributed by atoms with van der Waals surface area (Å²) in [5, 5.41) is 14.5. The van der Waals surface area contributed by atoms with Crippen LogP contribution in [0.2, 0.25) is 0 Å². The highest BCUT2D eigenvalue weighted by molar-refractivity contribution is 7.13. The third kappa shape index (κ3) is 3.89. The largest absolute Gasteiger partial charge is 0.481 e. The molecule has 7 heteroatoms. The number of aromatic nitrogens is 1. The van der Waals surface area contributed by atoms with Crippen LogP contribution >= 0.6 is 11.3 Å². The first-order valence-electron chi connectivity index (χ1n) is 6.16. The highest BCUT2D eigenvalue weighted by Crippen LogP contribution is 2.24. The van der Waals surface area contributed by atoms with Gasteiger partial charge in [-0.15, -0.1) is 11.3 Å². The lowest BCUT2D eigenvalue weighted by Crippen LogP contribution is -2.39. The average Bonchev–Trinajstić information content (AvgIpc) is 3.04. The topological polar surface area (TPSA) is 80.7 Å². The monoisotopic (exact) mass is 286 g/mol. The second-order valence-electron chi connectivity index (χ2n) is 4.58. The molecule has 19 heavy (non-hydrogen) atoms. The van der Waals surface area contributed by atoms with Gasteiger partial charge in [-0.3, -0.25) is 4.79 Å². The van der Waals surface area contributed by atoms with E-state index < -0.39 is 5.97 Å². The minimum atomic E-state index is -0.802. The van der Waals surface area contributed by atoms with Gasteiger partial charge in [0, 0.05) is 38.5 Å². The number of carboxylic acid groups (broad SMARTS) is 1. The lowest BCUT2D eigenvalue weighted by Gasteiger charge is -2.25. The van der Waals surface area contributed by atoms with Crippen LogP contribution in [0.5, 0.6) is 0 Å². The van der Waals surface area contributed by atoms with Gasteiger partial charge in [0.05, 0.1) is 18.7 Å². The van der Waals surface area contributed by atoms with Gasteiger partial charge < -0.3 is 19.9 Å². The number of hydrogen-bond acceptors (Lipinski definition) is 6. The van der Waals surface area contributed by atoms with Crippen molar-refractivity contribution in [3.63, 3.8) is 0 Å². The van der Waals surface area contributed by atoms with Crippen molar-refractivity contribution in [2.75, 3.05) is 32.2 Å². The fourth-order valence-corrected chi connectivity index (χ4v) is 2.68. The van der Waals surface area contributed by atoms with Gasteiger partial charge in [0.15, 0.2) is 5.13 Å². The molecule has 0 radical (unpaired) electrons. The average molecular weight is 286 g/mol. The summed E-state index contributed by atoms with van der Waals surface area (Å²) >= 11 is 1.48. The Hall–Kier alpha value is -1.18. The summed E-state index contributed by atoms with van der Waals surface area (Å²) in [7, 11) is 1.69. The Balaban J connectivity index is 1.84. The van der Waals surface area contributed by atoms with Crippen LogP contribution < -0.4 is 5.32 Å². The van der Waals surface area contributed by atoms with Gasteiger partial charge in [0.2, 0.25) is 0 Å². The summed E-state index contributed by atoms with van der Waals surface area (Å²) in [5.74, 6) is -0.802. The van der Waals surface area contributed by atoms with E-state index in [9.17, 15) is 4.79 Å². The van der Waals surface area contributed by atoms with Crippen molar-refractivity contribution in [3.05, 3.63) is 11.1 Å². The summed E-state index contributed by atoms with van der Waals surface area (Å²) < 4.78 is 10.9. The predicted octanol–water partition coefficient (Wildman–Crippen LogP) is 1.38. The second kappa shape index (κ2) is 6.31. The molecule has 1 unspecified atom stereocenters. The Kier molecular flexibility index (Phi) is 4.73. The number of anilines is 1. The first kappa shape index (κ1) is 14.2. The maximum atomic E-state index is 10.5. The first-order valence-corrected chi connectivity index (χ1v) is 7.04. The van der Waals surface area contributed by atoms with Crippen LogP contribution in [0.3, 0.4) is 0 Å². The molecule has 0 bridgehead atoms. The summed E-state index contributed by atoms with van der Waals surface area (Å²) in [6.45, 7) is 1.96. The van der Waals surface area contributed by atoms with E-state index in [0.29, 0.717) is 19.6 Å². The summed E-state index contributed by atoms with van der Waals surface area (Å²) in [6, 6.07) is 0. The molecule has 0 saturated carbocycles. The van der Waals surface area contributed by atoms with Gasteiger partial charge in [0.25, 0.3) is 0 Å². The van der Waals surface area contributed by atoms with E-state index in [1.807, 2.05) is 5.38 Å². The van der Waals surface area contributed by atoms with E-state index in [0.717, 1.165) is 23.9 Å². The van der Waals surface area contributed by atoms with Crippen LogP contribution in [0, 0.1) is 0 Å². The molecule has 1 aliphatic rings. The van der Waals surface area contributed by atoms with Crippen LogP contribution in [0.15, 0.2) is 5.38 Å². The minimum absolute atomic E-state index is 0.110. The van der Waals surface area contributed by atoms with E-state index in [1.165, 1.54) is 11.3 Å². The molecule has 1 atom stereocenters. The Labute approximate surface area is 115 Å². The fraction of sp³-hybridized carbons (Fsp3) is 0.667. The van der Waals surface area contributed by atoms with Gasteiger partial charge in [-0.1, -0.05) is 0 Å².